The van der Waals surface area contributed by atoms with Crippen molar-refractivity contribution in [3.05, 3.63) is 93.0 Å². The number of carbonyl (C=O) groups excluding carboxylic acids is 1. The van der Waals surface area contributed by atoms with Crippen LogP contribution in [0.25, 0.3) is 11.1 Å². The molecule has 31 heavy (non-hydrogen) atoms. The third-order valence-electron chi connectivity index (χ3n) is 4.83. The van der Waals surface area contributed by atoms with Gasteiger partial charge in [-0.05, 0) is 17.7 Å². The Kier molecular flexibility index (Phi) is 5.60. The third-order valence-corrected chi connectivity index (χ3v) is 4.83. The molecule has 0 radical (unpaired) electrons. The predicted octanol–water partition coefficient (Wildman–Crippen LogP) is 4.36. The molecule has 3 aromatic carbocycles. The van der Waals surface area contributed by atoms with E-state index in [0.29, 0.717) is 33.6 Å². The molecule has 0 spiro atoms. The first-order valence-corrected chi connectivity index (χ1v) is 9.35. The monoisotopic (exact) mass is 416 g/mol. The van der Waals surface area contributed by atoms with Crippen molar-refractivity contribution in [2.24, 2.45) is 0 Å². The standard InChI is InChI=1S/C23H16N2O6/c24-11-15-5-1-2-6-19(15)20-7-3-4-8-21(20)23(26)30-13-17-10-18(25(27)28)9-16-12-29-14-31-22(16)17/h1-10H,12-14H2. The Bertz CT molecular complexity index is 1210. The average molecular weight is 416 g/mol. The van der Waals surface area contributed by atoms with Gasteiger partial charge in [-0.2, -0.15) is 5.26 Å². The zero-order valence-electron chi connectivity index (χ0n) is 16.2. The molecule has 0 bridgehead atoms. The number of carbonyl (C=O) groups is 1. The fraction of sp³-hybridized carbons (Fsp3) is 0.130. The summed E-state index contributed by atoms with van der Waals surface area (Å²) in [4.78, 5) is 23.6. The second-order valence-corrected chi connectivity index (χ2v) is 6.74. The number of nitrogens with zero attached hydrogens (tertiary/aromatic N) is 2. The maximum absolute atomic E-state index is 12.9. The molecule has 0 aromatic heterocycles. The number of ether oxygens (including phenoxy) is 3. The van der Waals surface area contributed by atoms with Crippen LogP contribution < -0.4 is 4.74 Å². The molecule has 0 saturated heterocycles. The van der Waals surface area contributed by atoms with Crippen LogP contribution in [0.3, 0.4) is 0 Å². The van der Waals surface area contributed by atoms with E-state index in [2.05, 4.69) is 6.07 Å². The van der Waals surface area contributed by atoms with Gasteiger partial charge in [0, 0.05) is 28.8 Å². The van der Waals surface area contributed by atoms with Crippen LogP contribution in [0.15, 0.2) is 60.7 Å². The topological polar surface area (TPSA) is 112 Å². The van der Waals surface area contributed by atoms with Crippen molar-refractivity contribution in [2.45, 2.75) is 13.2 Å². The van der Waals surface area contributed by atoms with Gasteiger partial charge in [-0.3, -0.25) is 10.1 Å². The first-order valence-electron chi connectivity index (χ1n) is 9.35. The zero-order chi connectivity index (χ0) is 21.8. The van der Waals surface area contributed by atoms with E-state index in [1.807, 2.05) is 0 Å². The van der Waals surface area contributed by atoms with Crippen molar-refractivity contribution >= 4 is 11.7 Å². The van der Waals surface area contributed by atoms with Crippen LogP contribution in [-0.2, 0) is 22.7 Å². The Morgan fingerprint density at radius 1 is 1.13 bits per heavy atom. The van der Waals surface area contributed by atoms with Gasteiger partial charge in [0.15, 0.2) is 6.79 Å². The Balaban J connectivity index is 1.64. The maximum Gasteiger partial charge on any atom is 0.339 e. The Morgan fingerprint density at radius 3 is 2.65 bits per heavy atom. The molecule has 8 nitrogen and oxygen atoms in total. The second kappa shape index (κ2) is 8.65. The van der Waals surface area contributed by atoms with E-state index in [1.54, 1.807) is 48.5 Å². The van der Waals surface area contributed by atoms with Gasteiger partial charge in [0.1, 0.15) is 12.4 Å². The minimum atomic E-state index is -0.615. The molecule has 4 rings (SSSR count). The van der Waals surface area contributed by atoms with Crippen molar-refractivity contribution in [3.63, 3.8) is 0 Å². The molecule has 0 fully saturated rings. The van der Waals surface area contributed by atoms with Crippen LogP contribution in [0.1, 0.15) is 27.0 Å². The van der Waals surface area contributed by atoms with Crippen LogP contribution >= 0.6 is 0 Å². The SMILES string of the molecule is N#Cc1ccccc1-c1ccccc1C(=O)OCc1cc([N+](=O)[O-])cc2c1OCOC2. The molecule has 1 aliphatic heterocycles. The predicted molar refractivity (Wildman–Crippen MR) is 109 cm³/mol. The van der Waals surface area contributed by atoms with Gasteiger partial charge >= 0.3 is 5.97 Å². The first-order chi connectivity index (χ1) is 15.1. The van der Waals surface area contributed by atoms with Crippen molar-refractivity contribution in [1.82, 2.24) is 0 Å². The lowest BCUT2D eigenvalue weighted by Gasteiger charge is -2.20. The van der Waals surface area contributed by atoms with Gasteiger partial charge in [-0.15, -0.1) is 0 Å². The number of hydrogen-bond acceptors (Lipinski definition) is 7. The summed E-state index contributed by atoms with van der Waals surface area (Å²) in [6, 6.07) is 18.6. The van der Waals surface area contributed by atoms with Gasteiger partial charge in [-0.25, -0.2) is 4.79 Å². The zero-order valence-corrected chi connectivity index (χ0v) is 16.2. The summed E-state index contributed by atoms with van der Waals surface area (Å²) in [6.45, 7) is -0.0254. The Hall–Kier alpha value is -4.22. The number of benzene rings is 3. The van der Waals surface area contributed by atoms with Gasteiger partial charge in [0.05, 0.1) is 28.7 Å². The summed E-state index contributed by atoms with van der Waals surface area (Å²) in [6.07, 6.45) is 0. The first kappa shape index (κ1) is 20.1. The van der Waals surface area contributed by atoms with E-state index in [-0.39, 0.29) is 31.3 Å². The lowest BCUT2D eigenvalue weighted by Crippen LogP contribution is -2.15. The molecule has 1 aliphatic rings. The summed E-state index contributed by atoms with van der Waals surface area (Å²) in [5, 5.41) is 20.6. The van der Waals surface area contributed by atoms with Crippen LogP contribution in [0.5, 0.6) is 5.75 Å². The minimum absolute atomic E-state index is 0.0134. The number of nitro groups is 1. The van der Waals surface area contributed by atoms with Gasteiger partial charge in [0.2, 0.25) is 0 Å². The number of fused-ring (bicyclic) bond motifs is 1. The molecule has 0 unspecified atom stereocenters. The molecule has 3 aromatic rings. The van der Waals surface area contributed by atoms with E-state index in [4.69, 9.17) is 14.2 Å². The van der Waals surface area contributed by atoms with Gasteiger partial charge in [0.25, 0.3) is 5.69 Å². The fourth-order valence-corrected chi connectivity index (χ4v) is 3.43. The van der Waals surface area contributed by atoms with E-state index in [9.17, 15) is 20.2 Å². The highest BCUT2D eigenvalue weighted by atomic mass is 16.7. The summed E-state index contributed by atoms with van der Waals surface area (Å²) in [7, 11) is 0. The Morgan fingerprint density at radius 2 is 1.87 bits per heavy atom. The lowest BCUT2D eigenvalue weighted by molar-refractivity contribution is -0.385. The number of non-ortho nitro benzene ring substituents is 1. The van der Waals surface area contributed by atoms with Crippen LogP contribution in [0.4, 0.5) is 5.69 Å². The van der Waals surface area contributed by atoms with E-state index in [0.717, 1.165) is 0 Å². The van der Waals surface area contributed by atoms with Crippen LogP contribution in [0, 0.1) is 21.4 Å². The average Bonchev–Trinajstić information content (AvgIpc) is 2.82. The number of nitriles is 1. The summed E-state index contributed by atoms with van der Waals surface area (Å²) in [5.74, 6) is -0.191. The Labute approximate surface area is 177 Å². The molecule has 0 saturated carbocycles. The van der Waals surface area contributed by atoms with Crippen molar-refractivity contribution in [2.75, 3.05) is 6.79 Å². The lowest BCUT2D eigenvalue weighted by atomic mass is 9.96. The highest BCUT2D eigenvalue weighted by molar-refractivity contribution is 5.98. The molecule has 8 heteroatoms. The maximum atomic E-state index is 12.9. The molecule has 0 amide bonds. The highest BCUT2D eigenvalue weighted by Gasteiger charge is 2.23. The van der Waals surface area contributed by atoms with Crippen molar-refractivity contribution < 1.29 is 23.9 Å². The van der Waals surface area contributed by atoms with Crippen LogP contribution in [0.2, 0.25) is 0 Å². The molecule has 0 atom stereocenters. The number of hydrogen-bond donors (Lipinski definition) is 0. The van der Waals surface area contributed by atoms with Gasteiger partial charge < -0.3 is 14.2 Å². The number of nitro benzene ring substituents is 1. The molecule has 1 heterocycles. The van der Waals surface area contributed by atoms with Gasteiger partial charge in [-0.1, -0.05) is 36.4 Å². The largest absolute Gasteiger partial charge is 0.467 e. The molecular formula is C23H16N2O6. The summed E-state index contributed by atoms with van der Waals surface area (Å²) in [5.41, 5.74) is 2.67. The number of rotatable bonds is 5. The number of esters is 1. The second-order valence-electron chi connectivity index (χ2n) is 6.74. The highest BCUT2D eigenvalue weighted by Crippen LogP contribution is 2.34. The molecule has 154 valence electrons. The molecule has 0 aliphatic carbocycles. The molecule has 0 N–H and O–H groups in total. The summed E-state index contributed by atoms with van der Waals surface area (Å²) < 4.78 is 16.2. The third kappa shape index (κ3) is 4.08. The minimum Gasteiger partial charge on any atom is -0.467 e. The summed E-state index contributed by atoms with van der Waals surface area (Å²) >= 11 is 0. The smallest absolute Gasteiger partial charge is 0.339 e. The van der Waals surface area contributed by atoms with Crippen LogP contribution in [-0.4, -0.2) is 17.7 Å². The van der Waals surface area contributed by atoms with E-state index < -0.39 is 10.9 Å². The van der Waals surface area contributed by atoms with E-state index in [1.165, 1.54) is 12.1 Å². The quantitative estimate of drug-likeness (QED) is 0.345. The van der Waals surface area contributed by atoms with Crippen molar-refractivity contribution in [3.8, 4) is 22.9 Å². The normalized spacial score (nSPS) is 12.2. The fourth-order valence-electron chi connectivity index (χ4n) is 3.43. The van der Waals surface area contributed by atoms with Crippen molar-refractivity contribution in [1.29, 1.82) is 5.26 Å². The van der Waals surface area contributed by atoms with E-state index >= 15 is 0 Å². The molecular weight excluding hydrogens is 400 g/mol.